The van der Waals surface area contributed by atoms with Gasteiger partial charge in [0.2, 0.25) is 0 Å². The van der Waals surface area contributed by atoms with Gasteiger partial charge in [-0.2, -0.15) is 0 Å². The molecule has 0 aromatic heterocycles. The van der Waals surface area contributed by atoms with E-state index in [4.69, 9.17) is 15.2 Å². The lowest BCUT2D eigenvalue weighted by Gasteiger charge is -2.32. The van der Waals surface area contributed by atoms with Gasteiger partial charge >= 0.3 is 0 Å². The highest BCUT2D eigenvalue weighted by molar-refractivity contribution is 5.43. The summed E-state index contributed by atoms with van der Waals surface area (Å²) in [6.45, 7) is 6.64. The number of nitrogens with two attached hydrogens (primary N) is 1. The summed E-state index contributed by atoms with van der Waals surface area (Å²) in [5.74, 6) is 3.15. The van der Waals surface area contributed by atoms with Crippen LogP contribution in [0.15, 0.2) is 18.2 Å². The smallest absolute Gasteiger partial charge is 0.161 e. The first-order valence-corrected chi connectivity index (χ1v) is 8.07. The normalized spacial score (nSPS) is 27.2. The maximum absolute atomic E-state index is 6.22. The highest BCUT2D eigenvalue weighted by atomic mass is 16.5. The van der Waals surface area contributed by atoms with E-state index < -0.39 is 0 Å². The van der Waals surface area contributed by atoms with Crippen molar-refractivity contribution in [2.75, 3.05) is 7.11 Å². The quantitative estimate of drug-likeness (QED) is 0.897. The lowest BCUT2D eigenvalue weighted by atomic mass is 9.82. The van der Waals surface area contributed by atoms with Gasteiger partial charge in [-0.1, -0.05) is 19.9 Å². The second-order valence-electron chi connectivity index (χ2n) is 6.82. The Morgan fingerprint density at radius 3 is 2.38 bits per heavy atom. The summed E-state index contributed by atoms with van der Waals surface area (Å²) < 4.78 is 11.7. The molecule has 1 fully saturated rings. The zero-order valence-electron chi connectivity index (χ0n) is 13.8. The van der Waals surface area contributed by atoms with Crippen molar-refractivity contribution in [3.8, 4) is 11.5 Å². The van der Waals surface area contributed by atoms with Gasteiger partial charge in [-0.15, -0.1) is 0 Å². The highest BCUT2D eigenvalue weighted by Crippen LogP contribution is 2.35. The van der Waals surface area contributed by atoms with Gasteiger partial charge in [0.1, 0.15) is 0 Å². The summed E-state index contributed by atoms with van der Waals surface area (Å²) in [5, 5.41) is 0. The minimum absolute atomic E-state index is 0.154. The molecule has 0 spiro atoms. The maximum Gasteiger partial charge on any atom is 0.161 e. The van der Waals surface area contributed by atoms with Crippen molar-refractivity contribution < 1.29 is 9.47 Å². The molecule has 3 atom stereocenters. The Morgan fingerprint density at radius 2 is 1.81 bits per heavy atom. The van der Waals surface area contributed by atoms with Crippen molar-refractivity contribution >= 4 is 0 Å². The highest BCUT2D eigenvalue weighted by Gasteiger charge is 2.26. The SMILES string of the molecule is COc1cc(CC(C)N)ccc1OC1CC(C)CC(C)C1. The van der Waals surface area contributed by atoms with E-state index in [1.165, 1.54) is 12.0 Å². The first-order chi connectivity index (χ1) is 9.97. The van der Waals surface area contributed by atoms with Gasteiger partial charge in [-0.05, 0) is 62.1 Å². The molecule has 2 rings (SSSR count). The molecule has 3 nitrogen and oxygen atoms in total. The van der Waals surface area contributed by atoms with Crippen LogP contribution in [0, 0.1) is 11.8 Å². The first kappa shape index (κ1) is 16.2. The second-order valence-corrected chi connectivity index (χ2v) is 6.82. The fourth-order valence-corrected chi connectivity index (χ4v) is 3.46. The van der Waals surface area contributed by atoms with Gasteiger partial charge in [-0.25, -0.2) is 0 Å². The fraction of sp³-hybridized carbons (Fsp3) is 0.667. The molecule has 0 aliphatic heterocycles. The number of methoxy groups -OCH3 is 1. The molecular weight excluding hydrogens is 262 g/mol. The molecule has 0 radical (unpaired) electrons. The Labute approximate surface area is 128 Å². The van der Waals surface area contributed by atoms with Crippen molar-refractivity contribution in [3.63, 3.8) is 0 Å². The third kappa shape index (κ3) is 4.63. The predicted octanol–water partition coefficient (Wildman–Crippen LogP) is 3.79. The van der Waals surface area contributed by atoms with Crippen LogP contribution in [0.25, 0.3) is 0 Å². The van der Waals surface area contributed by atoms with Crippen LogP contribution >= 0.6 is 0 Å². The molecule has 1 saturated carbocycles. The average Bonchev–Trinajstić information content (AvgIpc) is 2.38. The van der Waals surface area contributed by atoms with E-state index in [1.54, 1.807) is 7.11 Å². The van der Waals surface area contributed by atoms with Crippen LogP contribution in [0.4, 0.5) is 0 Å². The zero-order valence-corrected chi connectivity index (χ0v) is 13.8. The van der Waals surface area contributed by atoms with Crippen LogP contribution in [0.3, 0.4) is 0 Å². The summed E-state index contributed by atoms with van der Waals surface area (Å²) in [6, 6.07) is 6.33. The molecule has 0 bridgehead atoms. The Morgan fingerprint density at radius 1 is 1.14 bits per heavy atom. The lowest BCUT2D eigenvalue weighted by Crippen LogP contribution is -2.28. The topological polar surface area (TPSA) is 44.5 Å². The molecule has 21 heavy (non-hydrogen) atoms. The zero-order chi connectivity index (χ0) is 15.4. The summed E-state index contributed by atoms with van der Waals surface area (Å²) >= 11 is 0. The van der Waals surface area contributed by atoms with Gasteiger partial charge in [-0.3, -0.25) is 0 Å². The van der Waals surface area contributed by atoms with Crippen LogP contribution < -0.4 is 15.2 Å². The Balaban J connectivity index is 2.08. The summed E-state index contributed by atoms with van der Waals surface area (Å²) in [4.78, 5) is 0. The molecule has 1 aromatic carbocycles. The van der Waals surface area contributed by atoms with Crippen LogP contribution in [0.2, 0.25) is 0 Å². The number of hydrogen-bond acceptors (Lipinski definition) is 3. The standard InChI is InChI=1S/C18H29NO2/c1-12-7-13(2)9-16(8-12)21-17-6-5-15(10-14(3)19)11-18(17)20-4/h5-6,11-14,16H,7-10,19H2,1-4H3. The van der Waals surface area contributed by atoms with E-state index in [0.29, 0.717) is 6.10 Å². The van der Waals surface area contributed by atoms with Gasteiger partial charge < -0.3 is 15.2 Å². The average molecular weight is 291 g/mol. The van der Waals surface area contributed by atoms with E-state index in [2.05, 4.69) is 19.9 Å². The van der Waals surface area contributed by atoms with E-state index in [1.807, 2.05) is 19.1 Å². The van der Waals surface area contributed by atoms with E-state index in [9.17, 15) is 0 Å². The molecule has 1 aliphatic rings. The fourth-order valence-electron chi connectivity index (χ4n) is 3.46. The van der Waals surface area contributed by atoms with Gasteiger partial charge in [0, 0.05) is 6.04 Å². The second kappa shape index (κ2) is 7.17. The molecule has 118 valence electrons. The van der Waals surface area contributed by atoms with Crippen molar-refractivity contribution in [1.29, 1.82) is 0 Å². The third-order valence-electron chi connectivity index (χ3n) is 4.21. The molecule has 2 N–H and O–H groups in total. The van der Waals surface area contributed by atoms with Crippen molar-refractivity contribution in [1.82, 2.24) is 0 Å². The van der Waals surface area contributed by atoms with E-state index in [-0.39, 0.29) is 6.04 Å². The van der Waals surface area contributed by atoms with Crippen LogP contribution in [0.5, 0.6) is 11.5 Å². The number of benzene rings is 1. The Hall–Kier alpha value is -1.22. The summed E-state index contributed by atoms with van der Waals surface area (Å²) in [7, 11) is 1.70. The summed E-state index contributed by atoms with van der Waals surface area (Å²) in [6.07, 6.45) is 4.74. The molecule has 1 aliphatic carbocycles. The first-order valence-electron chi connectivity index (χ1n) is 8.07. The van der Waals surface area contributed by atoms with Crippen LogP contribution in [-0.2, 0) is 6.42 Å². The van der Waals surface area contributed by atoms with E-state index in [0.717, 1.165) is 42.6 Å². The molecule has 3 heteroatoms. The molecule has 1 aromatic rings. The number of hydrogen-bond donors (Lipinski definition) is 1. The van der Waals surface area contributed by atoms with Gasteiger partial charge in [0.05, 0.1) is 13.2 Å². The van der Waals surface area contributed by atoms with Crippen LogP contribution in [0.1, 0.15) is 45.6 Å². The minimum Gasteiger partial charge on any atom is -0.493 e. The Bertz CT molecular complexity index is 449. The number of rotatable bonds is 5. The van der Waals surface area contributed by atoms with E-state index >= 15 is 0 Å². The predicted molar refractivity (Wildman–Crippen MR) is 86.9 cm³/mol. The van der Waals surface area contributed by atoms with Gasteiger partial charge in [0.25, 0.3) is 0 Å². The number of ether oxygens (including phenoxy) is 2. The molecule has 0 saturated heterocycles. The maximum atomic E-state index is 6.22. The van der Waals surface area contributed by atoms with Crippen molar-refractivity contribution in [2.24, 2.45) is 17.6 Å². The van der Waals surface area contributed by atoms with Crippen molar-refractivity contribution in [3.05, 3.63) is 23.8 Å². The molecule has 0 amide bonds. The summed E-state index contributed by atoms with van der Waals surface area (Å²) in [5.41, 5.74) is 7.06. The largest absolute Gasteiger partial charge is 0.493 e. The molecular formula is C18H29NO2. The van der Waals surface area contributed by atoms with Crippen molar-refractivity contribution in [2.45, 2.75) is 58.6 Å². The third-order valence-corrected chi connectivity index (χ3v) is 4.21. The lowest BCUT2D eigenvalue weighted by molar-refractivity contribution is 0.0979. The molecule has 0 heterocycles. The molecule has 3 unspecified atom stereocenters. The minimum atomic E-state index is 0.154. The Kier molecular flexibility index (Phi) is 5.51. The van der Waals surface area contributed by atoms with Crippen LogP contribution in [-0.4, -0.2) is 19.3 Å². The monoisotopic (exact) mass is 291 g/mol. The van der Waals surface area contributed by atoms with Gasteiger partial charge in [0.15, 0.2) is 11.5 Å².